The number of hydrogen-bond acceptors (Lipinski definition) is 5. The molecule has 1 aliphatic heterocycles. The third kappa shape index (κ3) is 3.55. The first-order valence-electron chi connectivity index (χ1n) is 6.89. The molecule has 1 aromatic heterocycles. The van der Waals surface area contributed by atoms with Crippen LogP contribution >= 0.6 is 0 Å². The number of carbonyl (C=O) groups excluding carboxylic acids is 1. The van der Waals surface area contributed by atoms with Crippen molar-refractivity contribution in [2.45, 2.75) is 38.7 Å². The Morgan fingerprint density at radius 1 is 1.57 bits per heavy atom. The molecule has 118 valence electrons. The Labute approximate surface area is 121 Å². The fraction of sp³-hybridized carbons (Fsp3) is 0.769. The molecule has 8 heteroatoms. The average Bonchev–Trinajstić information content (AvgIpc) is 2.88. The lowest BCUT2D eigenvalue weighted by Crippen LogP contribution is -2.55. The minimum atomic E-state index is -2.83. The van der Waals surface area contributed by atoms with Crippen LogP contribution in [0.4, 0.5) is 8.78 Å². The van der Waals surface area contributed by atoms with Crippen molar-refractivity contribution in [2.24, 2.45) is 5.92 Å². The van der Waals surface area contributed by atoms with Gasteiger partial charge in [0.15, 0.2) is 0 Å². The van der Waals surface area contributed by atoms with E-state index in [1.165, 1.54) is 4.90 Å². The van der Waals surface area contributed by atoms with E-state index in [1.54, 1.807) is 20.8 Å². The first-order chi connectivity index (χ1) is 9.72. The highest BCUT2D eigenvalue weighted by Crippen LogP contribution is 2.32. The number of halogens is 2. The average molecular weight is 302 g/mol. The summed E-state index contributed by atoms with van der Waals surface area (Å²) in [5, 5.41) is 6.18. The summed E-state index contributed by atoms with van der Waals surface area (Å²) in [7, 11) is 0. The molecule has 1 atom stereocenters. The summed E-state index contributed by atoms with van der Waals surface area (Å²) in [4.78, 5) is 17.5. The van der Waals surface area contributed by atoms with Gasteiger partial charge in [0.2, 0.25) is 6.39 Å². The zero-order valence-corrected chi connectivity index (χ0v) is 12.4. The highest BCUT2D eigenvalue weighted by Gasteiger charge is 2.44. The maximum atomic E-state index is 14.0. The molecule has 2 heterocycles. The van der Waals surface area contributed by atoms with Crippen LogP contribution in [0.2, 0.25) is 0 Å². The topological polar surface area (TPSA) is 71.3 Å². The first kappa shape index (κ1) is 15.8. The van der Waals surface area contributed by atoms with E-state index < -0.39 is 23.3 Å². The van der Waals surface area contributed by atoms with E-state index >= 15 is 0 Å². The second kappa shape index (κ2) is 5.67. The molecule has 6 nitrogen and oxygen atoms in total. The van der Waals surface area contributed by atoms with Gasteiger partial charge in [-0.05, 0) is 33.7 Å². The largest absolute Gasteiger partial charge is 0.342 e. The van der Waals surface area contributed by atoms with Gasteiger partial charge in [0.1, 0.15) is 0 Å². The van der Waals surface area contributed by atoms with Crippen molar-refractivity contribution in [2.75, 3.05) is 19.6 Å². The summed E-state index contributed by atoms with van der Waals surface area (Å²) in [6.45, 7) is 5.52. The van der Waals surface area contributed by atoms with Crippen LogP contribution in [0.5, 0.6) is 0 Å². The molecular weight excluding hydrogens is 282 g/mol. The van der Waals surface area contributed by atoms with Crippen molar-refractivity contribution in [3.63, 3.8) is 0 Å². The Kier molecular flexibility index (Phi) is 4.27. The minimum absolute atomic E-state index is 0.0362. The molecular formula is C13H20F2N4O2. The number of piperidine rings is 1. The highest BCUT2D eigenvalue weighted by atomic mass is 19.3. The normalized spacial score (nSPS) is 22.0. The van der Waals surface area contributed by atoms with Crippen molar-refractivity contribution in [3.05, 3.63) is 12.2 Å². The van der Waals surface area contributed by atoms with E-state index in [4.69, 9.17) is 0 Å². The van der Waals surface area contributed by atoms with Gasteiger partial charge in [-0.1, -0.05) is 5.16 Å². The molecule has 0 spiro atoms. The van der Waals surface area contributed by atoms with Crippen LogP contribution in [0.25, 0.3) is 0 Å². The Morgan fingerprint density at radius 3 is 2.81 bits per heavy atom. The van der Waals surface area contributed by atoms with E-state index in [-0.39, 0.29) is 18.9 Å². The molecule has 0 aliphatic carbocycles. The van der Waals surface area contributed by atoms with Gasteiger partial charge < -0.3 is 14.7 Å². The summed E-state index contributed by atoms with van der Waals surface area (Å²) in [5.74, 6) is -4.32. The molecule has 1 unspecified atom stereocenters. The summed E-state index contributed by atoms with van der Waals surface area (Å²) in [6, 6.07) is 0. The Hall–Kier alpha value is -1.57. The molecule has 1 fully saturated rings. The summed E-state index contributed by atoms with van der Waals surface area (Å²) in [6.07, 6.45) is 1.37. The molecule has 0 aromatic carbocycles. The standard InChI is InChI=1S/C13H20F2N4O2/c1-12(2,3)19(11(20)10-17-8-21-18-10)6-9-4-5-16-7-13(9,14)15/h8-9,16H,4-7H2,1-3H3. The molecule has 21 heavy (non-hydrogen) atoms. The number of carbonyl (C=O) groups is 1. The third-order valence-corrected chi connectivity index (χ3v) is 3.64. The quantitative estimate of drug-likeness (QED) is 0.917. The first-order valence-corrected chi connectivity index (χ1v) is 6.89. The van der Waals surface area contributed by atoms with Gasteiger partial charge in [-0.15, -0.1) is 0 Å². The van der Waals surface area contributed by atoms with Crippen molar-refractivity contribution < 1.29 is 18.1 Å². The van der Waals surface area contributed by atoms with Gasteiger partial charge in [-0.2, -0.15) is 4.98 Å². The lowest BCUT2D eigenvalue weighted by Gasteiger charge is -2.41. The lowest BCUT2D eigenvalue weighted by molar-refractivity contribution is -0.0853. The van der Waals surface area contributed by atoms with Crippen LogP contribution < -0.4 is 5.32 Å². The molecule has 1 amide bonds. The third-order valence-electron chi connectivity index (χ3n) is 3.64. The Morgan fingerprint density at radius 2 is 2.29 bits per heavy atom. The van der Waals surface area contributed by atoms with Crippen LogP contribution in [0.3, 0.4) is 0 Å². The SMILES string of the molecule is CC(C)(C)N(CC1CCNCC1(F)F)C(=O)c1ncon1. The number of nitrogens with one attached hydrogen (secondary N) is 1. The molecule has 1 N–H and O–H groups in total. The second-order valence-corrected chi connectivity index (χ2v) is 6.26. The summed E-state index contributed by atoms with van der Waals surface area (Å²) >= 11 is 0. The van der Waals surface area contributed by atoms with Crippen LogP contribution in [0.15, 0.2) is 10.9 Å². The van der Waals surface area contributed by atoms with Crippen LogP contribution in [0, 0.1) is 5.92 Å². The van der Waals surface area contributed by atoms with Gasteiger partial charge in [0, 0.05) is 18.0 Å². The van der Waals surface area contributed by atoms with E-state index in [2.05, 4.69) is 20.0 Å². The summed E-state index contributed by atoms with van der Waals surface area (Å²) in [5.41, 5.74) is -0.612. The maximum Gasteiger partial charge on any atom is 0.295 e. The van der Waals surface area contributed by atoms with E-state index in [0.717, 1.165) is 6.39 Å². The van der Waals surface area contributed by atoms with Gasteiger partial charge >= 0.3 is 0 Å². The maximum absolute atomic E-state index is 14.0. The number of alkyl halides is 2. The molecule has 0 bridgehead atoms. The Bertz CT molecular complexity index is 485. The zero-order chi connectivity index (χ0) is 15.7. The van der Waals surface area contributed by atoms with Crippen molar-refractivity contribution in [1.82, 2.24) is 20.4 Å². The molecule has 1 saturated heterocycles. The monoisotopic (exact) mass is 302 g/mol. The van der Waals surface area contributed by atoms with Crippen LogP contribution in [0.1, 0.15) is 37.8 Å². The van der Waals surface area contributed by atoms with Gasteiger partial charge in [-0.3, -0.25) is 4.79 Å². The van der Waals surface area contributed by atoms with Crippen LogP contribution in [-0.4, -0.2) is 52.0 Å². The highest BCUT2D eigenvalue weighted by molar-refractivity contribution is 5.90. The zero-order valence-electron chi connectivity index (χ0n) is 12.4. The fourth-order valence-electron chi connectivity index (χ4n) is 2.38. The fourth-order valence-corrected chi connectivity index (χ4v) is 2.38. The number of hydrogen-bond donors (Lipinski definition) is 1. The van der Waals surface area contributed by atoms with E-state index in [1.807, 2.05) is 0 Å². The van der Waals surface area contributed by atoms with E-state index in [9.17, 15) is 13.6 Å². The molecule has 0 saturated carbocycles. The van der Waals surface area contributed by atoms with Gasteiger partial charge in [0.25, 0.3) is 17.7 Å². The second-order valence-electron chi connectivity index (χ2n) is 6.26. The predicted octanol–water partition coefficient (Wildman–Crippen LogP) is 1.56. The van der Waals surface area contributed by atoms with Crippen LogP contribution in [-0.2, 0) is 0 Å². The molecule has 1 aromatic rings. The molecule has 0 radical (unpaired) electrons. The predicted molar refractivity (Wildman–Crippen MR) is 71.0 cm³/mol. The number of amides is 1. The minimum Gasteiger partial charge on any atom is -0.342 e. The van der Waals surface area contributed by atoms with Gasteiger partial charge in [-0.25, -0.2) is 8.78 Å². The van der Waals surface area contributed by atoms with Crippen molar-refractivity contribution in [1.29, 1.82) is 0 Å². The Balaban J connectivity index is 2.19. The van der Waals surface area contributed by atoms with Gasteiger partial charge in [0.05, 0.1) is 6.54 Å². The van der Waals surface area contributed by atoms with E-state index in [0.29, 0.717) is 13.0 Å². The molecule has 2 rings (SSSR count). The molecule has 1 aliphatic rings. The lowest BCUT2D eigenvalue weighted by atomic mass is 9.91. The number of nitrogens with zero attached hydrogens (tertiary/aromatic N) is 3. The van der Waals surface area contributed by atoms with Crippen molar-refractivity contribution in [3.8, 4) is 0 Å². The smallest absolute Gasteiger partial charge is 0.295 e. The number of aromatic nitrogens is 2. The van der Waals surface area contributed by atoms with Crippen molar-refractivity contribution >= 4 is 5.91 Å². The summed E-state index contributed by atoms with van der Waals surface area (Å²) < 4.78 is 32.5. The number of rotatable bonds is 3.